The number of aliphatic hydroxyl groups is 2. The zero-order valence-electron chi connectivity index (χ0n) is 30.6. The van der Waals surface area contributed by atoms with Crippen molar-refractivity contribution < 1.29 is 85.2 Å². The predicted octanol–water partition coefficient (Wildman–Crippen LogP) is -0.256. The lowest BCUT2D eigenvalue weighted by molar-refractivity contribution is -0.137. The molecule has 0 aliphatic carbocycles. The van der Waals surface area contributed by atoms with Crippen LogP contribution < -0.4 is 21.1 Å². The summed E-state index contributed by atoms with van der Waals surface area (Å²) in [5, 5.41) is 26.1. The summed E-state index contributed by atoms with van der Waals surface area (Å²) in [6, 6.07) is 8.75. The number of imidazole rings is 1. The first-order valence-corrected chi connectivity index (χ1v) is 22.3. The highest BCUT2D eigenvalue weighted by atomic mass is 32.2. The number of para-hydroxylation sites is 1. The smallest absolute Gasteiger partial charge is 0.481 e. The number of fused-ring (bicyclic) bond motifs is 1. The summed E-state index contributed by atoms with van der Waals surface area (Å²) in [4.78, 5) is 87.6. The molecule has 3 aromatic rings. The summed E-state index contributed by atoms with van der Waals surface area (Å²) < 4.78 is 67.5. The summed E-state index contributed by atoms with van der Waals surface area (Å²) in [7, 11) is -16.4. The molecule has 0 saturated carbocycles. The molecule has 29 heteroatoms. The predicted molar refractivity (Wildman–Crippen MR) is 199 cm³/mol. The lowest BCUT2D eigenvalue weighted by Crippen LogP contribution is -2.46. The monoisotopic (exact) mass is 901 g/mol. The first-order chi connectivity index (χ1) is 27.1. The minimum absolute atomic E-state index is 0.0271. The summed E-state index contributed by atoms with van der Waals surface area (Å²) in [5.74, 6) is -0.690. The second-order valence-electron chi connectivity index (χ2n) is 12.9. The minimum atomic E-state index is -5.58. The number of anilines is 1. The fourth-order valence-electron chi connectivity index (χ4n) is 5.00. The first-order valence-electron chi connectivity index (χ1n) is 16.8. The number of carbonyl (C=O) groups excluding carboxylic acids is 3. The maximum absolute atomic E-state index is 12.7. The maximum Gasteiger partial charge on any atom is 0.481 e. The number of nitrogens with two attached hydrogens (primary N) is 1. The van der Waals surface area contributed by atoms with E-state index in [1.165, 1.54) is 13.8 Å². The third kappa shape index (κ3) is 14.1. The van der Waals surface area contributed by atoms with Gasteiger partial charge < -0.3 is 55.6 Å². The molecule has 0 bridgehead atoms. The van der Waals surface area contributed by atoms with Gasteiger partial charge in [0, 0.05) is 30.7 Å². The molecule has 1 aliphatic heterocycles. The van der Waals surface area contributed by atoms with E-state index < -0.39 is 84.6 Å². The molecule has 1 aromatic carbocycles. The van der Waals surface area contributed by atoms with Gasteiger partial charge in [0.25, 0.3) is 0 Å². The van der Waals surface area contributed by atoms with E-state index in [0.717, 1.165) is 29.0 Å². The Labute approximate surface area is 333 Å². The fourth-order valence-corrected chi connectivity index (χ4v) is 8.40. The number of nitrogen functional groups attached to an aromatic ring is 1. The van der Waals surface area contributed by atoms with E-state index in [2.05, 4.69) is 34.4 Å². The number of nitrogens with one attached hydrogen (secondary N) is 2. The molecule has 25 nitrogen and oxygen atoms in total. The number of amides is 2. The van der Waals surface area contributed by atoms with E-state index in [1.807, 2.05) is 0 Å². The van der Waals surface area contributed by atoms with Crippen LogP contribution in [0.1, 0.15) is 26.5 Å². The molecule has 2 amide bonds. The second kappa shape index (κ2) is 20.2. The van der Waals surface area contributed by atoms with Crippen LogP contribution in [0.3, 0.4) is 0 Å². The number of carbonyl (C=O) groups is 3. The van der Waals surface area contributed by atoms with Crippen molar-refractivity contribution in [2.75, 3.05) is 44.4 Å². The van der Waals surface area contributed by atoms with E-state index in [1.54, 1.807) is 30.3 Å². The normalized spacial score (nSPS) is 21.2. The van der Waals surface area contributed by atoms with Crippen molar-refractivity contribution in [3.8, 4) is 5.75 Å². The molecule has 10 N–H and O–H groups in total. The van der Waals surface area contributed by atoms with Gasteiger partial charge in [-0.2, -0.15) is 4.31 Å². The quantitative estimate of drug-likeness (QED) is 0.0463. The highest BCUT2D eigenvalue weighted by Gasteiger charge is 2.50. The van der Waals surface area contributed by atoms with Crippen LogP contribution in [0.5, 0.6) is 5.75 Å². The number of benzene rings is 1. The number of phosphoric acid groups is 3. The fraction of sp³-hybridized carbons (Fsp3) is 0.517. The van der Waals surface area contributed by atoms with Crippen molar-refractivity contribution in [1.82, 2.24) is 30.2 Å². The third-order valence-electron chi connectivity index (χ3n) is 7.86. The number of hydrogen-bond acceptors (Lipinski definition) is 19. The number of rotatable bonds is 22. The Morgan fingerprint density at radius 2 is 1.71 bits per heavy atom. The van der Waals surface area contributed by atoms with Crippen LogP contribution in [0, 0.1) is 5.41 Å². The Bertz CT molecular complexity index is 2040. The Morgan fingerprint density at radius 1 is 1.02 bits per heavy atom. The molecule has 2 aromatic heterocycles. The van der Waals surface area contributed by atoms with Crippen molar-refractivity contribution in [3.63, 3.8) is 0 Å². The van der Waals surface area contributed by atoms with Gasteiger partial charge in [-0.15, -0.1) is 0 Å². The van der Waals surface area contributed by atoms with E-state index >= 15 is 0 Å². The SMILES string of the molecule is CC(C)(COP(=O)(O)OP(=O)(O)OC[C@H]1O[C@@H](n2cnc3c(N)ncnc32)[C@H](O)[C@@H]1OP(=O)(O)O)[C@@H](O)C(=O)NCCC(=O)NCCSC(=O)COc1ccccc1. The molecule has 2 unspecified atom stereocenters. The van der Waals surface area contributed by atoms with Gasteiger partial charge in [0.2, 0.25) is 16.9 Å². The van der Waals surface area contributed by atoms with Crippen molar-refractivity contribution in [3.05, 3.63) is 43.0 Å². The highest BCUT2D eigenvalue weighted by Crippen LogP contribution is 2.61. The Kier molecular flexibility index (Phi) is 16.5. The zero-order chi connectivity index (χ0) is 42.9. The number of aliphatic hydroxyl groups excluding tert-OH is 2. The van der Waals surface area contributed by atoms with Crippen LogP contribution in [0.15, 0.2) is 43.0 Å². The van der Waals surface area contributed by atoms with Gasteiger partial charge in [0.05, 0.1) is 19.5 Å². The summed E-state index contributed by atoms with van der Waals surface area (Å²) >= 11 is 0.964. The van der Waals surface area contributed by atoms with Gasteiger partial charge in [-0.25, -0.2) is 28.6 Å². The summed E-state index contributed by atoms with van der Waals surface area (Å²) in [5.41, 5.74) is 4.24. The lowest BCUT2D eigenvalue weighted by Gasteiger charge is -2.30. The Morgan fingerprint density at radius 3 is 2.40 bits per heavy atom. The highest BCUT2D eigenvalue weighted by molar-refractivity contribution is 8.13. The number of nitrogens with zero attached hydrogens (tertiary/aromatic N) is 4. The van der Waals surface area contributed by atoms with Gasteiger partial charge in [-0.3, -0.25) is 32.5 Å². The number of ether oxygens (including phenoxy) is 2. The van der Waals surface area contributed by atoms with Crippen LogP contribution in [0.25, 0.3) is 11.2 Å². The average Bonchev–Trinajstić information content (AvgIpc) is 3.71. The number of aromatic nitrogens is 4. The van der Waals surface area contributed by atoms with Gasteiger partial charge in [-0.1, -0.05) is 43.8 Å². The molecule has 3 heterocycles. The van der Waals surface area contributed by atoms with Gasteiger partial charge >= 0.3 is 23.5 Å². The minimum Gasteiger partial charge on any atom is -0.485 e. The molecular formula is C29H42N7O18P3S. The second-order valence-corrected chi connectivity index (χ2v) is 18.3. The molecule has 0 spiro atoms. The number of phosphoric ester groups is 3. The topological polar surface area (TPSA) is 373 Å². The first kappa shape index (κ1) is 47.3. The number of thioether (sulfide) groups is 1. The molecule has 1 fully saturated rings. The molecular weight excluding hydrogens is 859 g/mol. The zero-order valence-corrected chi connectivity index (χ0v) is 34.1. The van der Waals surface area contributed by atoms with Crippen molar-refractivity contribution in [1.29, 1.82) is 0 Å². The van der Waals surface area contributed by atoms with E-state index in [9.17, 15) is 57.9 Å². The van der Waals surface area contributed by atoms with Gasteiger partial charge in [-0.05, 0) is 12.1 Å². The standard InChI is InChI=1S/C29H42N7O18P3S/c1-29(2,24(40)27(41)32-9-8-19(37)31-10-11-58-20(38)13-49-17-6-4-3-5-7-17)14-51-57(47,48)54-56(45,46)50-12-18-23(53-55(42,43)44)22(39)28(52-18)36-16-35-21-25(30)33-15-34-26(21)36/h3-7,15-16,18,22-24,28,39-40H,8-14H2,1-2H3,(H,31,37)(H,32,41)(H,45,46)(H,47,48)(H2,30,33,34)(H2,42,43,44)/t18-,22-,23-,24+,28-/m1/s1. The Hall–Kier alpha value is -3.42. The van der Waals surface area contributed by atoms with Crippen LogP contribution in [0.4, 0.5) is 5.82 Å². The van der Waals surface area contributed by atoms with E-state index in [0.29, 0.717) is 5.75 Å². The van der Waals surface area contributed by atoms with Crippen LogP contribution in [0.2, 0.25) is 0 Å². The molecule has 58 heavy (non-hydrogen) atoms. The van der Waals surface area contributed by atoms with E-state index in [-0.39, 0.29) is 54.0 Å². The molecule has 1 aliphatic rings. The number of hydrogen-bond donors (Lipinski definition) is 9. The molecule has 4 rings (SSSR count). The Balaban J connectivity index is 1.20. The third-order valence-corrected chi connectivity index (χ3v) is 11.8. The molecule has 7 atom stereocenters. The maximum atomic E-state index is 12.7. The van der Waals surface area contributed by atoms with Crippen LogP contribution in [-0.2, 0) is 50.7 Å². The van der Waals surface area contributed by atoms with Crippen molar-refractivity contribution in [2.24, 2.45) is 5.41 Å². The van der Waals surface area contributed by atoms with Crippen LogP contribution in [-0.4, -0.2) is 129 Å². The molecule has 0 radical (unpaired) electrons. The lowest BCUT2D eigenvalue weighted by atomic mass is 9.87. The van der Waals surface area contributed by atoms with Crippen molar-refractivity contribution in [2.45, 2.75) is 50.9 Å². The van der Waals surface area contributed by atoms with Gasteiger partial charge in [0.1, 0.15) is 42.0 Å². The van der Waals surface area contributed by atoms with E-state index in [4.69, 9.17) is 24.3 Å². The summed E-state index contributed by atoms with van der Waals surface area (Å²) in [6.45, 7) is 0.239. The largest absolute Gasteiger partial charge is 0.485 e. The molecule has 1 saturated heterocycles. The average molecular weight is 902 g/mol. The summed E-state index contributed by atoms with van der Waals surface area (Å²) in [6.07, 6.45) is -6.98. The molecule has 322 valence electrons. The van der Waals surface area contributed by atoms with Crippen molar-refractivity contribution >= 4 is 69.1 Å². The van der Waals surface area contributed by atoms with Crippen LogP contribution >= 0.6 is 35.2 Å². The van der Waals surface area contributed by atoms with Gasteiger partial charge in [0.15, 0.2) is 24.3 Å².